The number of aryl methyl sites for hydroxylation is 1. The zero-order valence-electron chi connectivity index (χ0n) is 8.36. The first-order chi connectivity index (χ1) is 7.81. The highest BCUT2D eigenvalue weighted by atomic mass is 35.5. The molecule has 2 aromatic heterocycles. The predicted octanol–water partition coefficient (Wildman–Crippen LogP) is 2.91. The van der Waals surface area contributed by atoms with Gasteiger partial charge in [-0.2, -0.15) is 0 Å². The maximum atomic E-state index is 13.4. The maximum Gasteiger partial charge on any atom is 0.151 e. The third-order valence-electron chi connectivity index (χ3n) is 1.99. The number of nitrogens with zero attached hydrogens (tertiary/aromatic N) is 3. The van der Waals surface area contributed by atoms with Gasteiger partial charge in [-0.25, -0.2) is 4.39 Å². The van der Waals surface area contributed by atoms with Crippen LogP contribution in [-0.4, -0.2) is 21.1 Å². The molecule has 0 aromatic carbocycles. The number of rotatable bonds is 4. The van der Waals surface area contributed by atoms with Crippen LogP contribution in [0.4, 0.5) is 4.39 Å². The van der Waals surface area contributed by atoms with E-state index in [1.165, 1.54) is 23.7 Å². The van der Waals surface area contributed by atoms with E-state index in [-0.39, 0.29) is 5.82 Å². The van der Waals surface area contributed by atoms with E-state index < -0.39 is 0 Å². The first kappa shape index (κ1) is 11.4. The fourth-order valence-electron chi connectivity index (χ4n) is 1.23. The minimum atomic E-state index is -0.373. The summed E-state index contributed by atoms with van der Waals surface area (Å²) in [6, 6.07) is 1.60. The van der Waals surface area contributed by atoms with Gasteiger partial charge in [0.15, 0.2) is 10.8 Å². The molecule has 0 aliphatic rings. The van der Waals surface area contributed by atoms with Gasteiger partial charge >= 0.3 is 0 Å². The molecule has 0 atom stereocenters. The Balaban J connectivity index is 2.22. The molecule has 0 N–H and O–H groups in total. The van der Waals surface area contributed by atoms with E-state index in [4.69, 9.17) is 11.6 Å². The van der Waals surface area contributed by atoms with Crippen LogP contribution >= 0.6 is 22.9 Å². The smallest absolute Gasteiger partial charge is 0.151 e. The van der Waals surface area contributed by atoms with Crippen molar-refractivity contribution in [3.05, 3.63) is 29.3 Å². The largest absolute Gasteiger partial charge is 0.262 e. The topological polar surface area (TPSA) is 38.7 Å². The summed E-state index contributed by atoms with van der Waals surface area (Å²) in [5.41, 5.74) is 0.449. The highest BCUT2D eigenvalue weighted by molar-refractivity contribution is 7.14. The SMILES string of the molecule is Fc1cnccc1-c1nnc(CCCCl)s1. The van der Waals surface area contributed by atoms with Crippen molar-refractivity contribution in [3.63, 3.8) is 0 Å². The zero-order chi connectivity index (χ0) is 11.4. The molecule has 0 aliphatic carbocycles. The fraction of sp³-hybridized carbons (Fsp3) is 0.300. The lowest BCUT2D eigenvalue weighted by molar-refractivity contribution is 0.624. The maximum absolute atomic E-state index is 13.4. The van der Waals surface area contributed by atoms with E-state index in [0.717, 1.165) is 17.8 Å². The molecule has 2 rings (SSSR count). The molecule has 84 valence electrons. The van der Waals surface area contributed by atoms with Crippen LogP contribution in [0.2, 0.25) is 0 Å². The average Bonchev–Trinajstić information content (AvgIpc) is 2.75. The van der Waals surface area contributed by atoms with Gasteiger partial charge in [-0.05, 0) is 12.5 Å². The summed E-state index contributed by atoms with van der Waals surface area (Å²) in [7, 11) is 0. The molecular weight excluding hydrogens is 249 g/mol. The highest BCUT2D eigenvalue weighted by Gasteiger charge is 2.10. The van der Waals surface area contributed by atoms with Crippen molar-refractivity contribution >= 4 is 22.9 Å². The quantitative estimate of drug-likeness (QED) is 0.791. The number of hydrogen-bond acceptors (Lipinski definition) is 4. The normalized spacial score (nSPS) is 10.6. The molecule has 2 heterocycles. The Labute approximate surface area is 101 Å². The van der Waals surface area contributed by atoms with Gasteiger partial charge in [0.2, 0.25) is 0 Å². The van der Waals surface area contributed by atoms with Crippen LogP contribution in [-0.2, 0) is 6.42 Å². The van der Waals surface area contributed by atoms with Gasteiger partial charge in [0, 0.05) is 18.5 Å². The summed E-state index contributed by atoms with van der Waals surface area (Å²) >= 11 is 6.98. The first-order valence-corrected chi connectivity index (χ1v) is 6.14. The molecule has 0 bridgehead atoms. The van der Waals surface area contributed by atoms with E-state index in [0.29, 0.717) is 16.5 Å². The lowest BCUT2D eigenvalue weighted by atomic mass is 10.3. The van der Waals surface area contributed by atoms with Crippen molar-refractivity contribution < 1.29 is 4.39 Å². The number of pyridine rings is 1. The molecule has 0 radical (unpaired) electrons. The molecule has 0 aliphatic heterocycles. The van der Waals surface area contributed by atoms with Crippen LogP contribution in [0.15, 0.2) is 18.5 Å². The number of alkyl halides is 1. The van der Waals surface area contributed by atoms with Crippen molar-refractivity contribution in [2.24, 2.45) is 0 Å². The van der Waals surface area contributed by atoms with Crippen molar-refractivity contribution in [3.8, 4) is 10.6 Å². The Bertz CT molecular complexity index is 475. The third-order valence-corrected chi connectivity index (χ3v) is 3.28. The summed E-state index contributed by atoms with van der Waals surface area (Å²) in [4.78, 5) is 3.69. The summed E-state index contributed by atoms with van der Waals surface area (Å²) in [6.07, 6.45) is 4.36. The molecule has 0 fully saturated rings. The van der Waals surface area contributed by atoms with Crippen LogP contribution in [0.3, 0.4) is 0 Å². The summed E-state index contributed by atoms with van der Waals surface area (Å²) in [5.74, 6) is 0.223. The van der Waals surface area contributed by atoms with Crippen LogP contribution in [0.5, 0.6) is 0 Å². The molecular formula is C10H9ClFN3S. The zero-order valence-corrected chi connectivity index (χ0v) is 9.93. The van der Waals surface area contributed by atoms with Gasteiger partial charge in [0.05, 0.1) is 11.8 Å². The molecule has 0 spiro atoms. The Morgan fingerprint density at radius 2 is 2.25 bits per heavy atom. The predicted molar refractivity (Wildman–Crippen MR) is 62.1 cm³/mol. The second-order valence-electron chi connectivity index (χ2n) is 3.15. The third kappa shape index (κ3) is 2.54. The molecule has 6 heteroatoms. The van der Waals surface area contributed by atoms with E-state index in [1.807, 2.05) is 0 Å². The highest BCUT2D eigenvalue weighted by Crippen LogP contribution is 2.25. The molecule has 0 saturated heterocycles. The van der Waals surface area contributed by atoms with Gasteiger partial charge in [-0.15, -0.1) is 21.8 Å². The van der Waals surface area contributed by atoms with Crippen molar-refractivity contribution in [1.82, 2.24) is 15.2 Å². The van der Waals surface area contributed by atoms with Gasteiger partial charge in [0.1, 0.15) is 5.01 Å². The second-order valence-corrected chi connectivity index (χ2v) is 4.59. The Morgan fingerprint density at radius 3 is 3.00 bits per heavy atom. The molecule has 0 amide bonds. The van der Waals surface area contributed by atoms with Gasteiger partial charge < -0.3 is 0 Å². The minimum absolute atomic E-state index is 0.373. The number of halogens is 2. The lowest BCUT2D eigenvalue weighted by Crippen LogP contribution is -1.85. The van der Waals surface area contributed by atoms with Crippen molar-refractivity contribution in [1.29, 1.82) is 0 Å². The standard InChI is InChI=1S/C10H9ClFN3S/c11-4-1-2-9-14-15-10(16-9)7-3-5-13-6-8(7)12/h3,5-6H,1-2,4H2. The second kappa shape index (κ2) is 5.32. The summed E-state index contributed by atoms with van der Waals surface area (Å²) in [5, 5.41) is 9.42. The van der Waals surface area contributed by atoms with Crippen LogP contribution < -0.4 is 0 Å². The first-order valence-electron chi connectivity index (χ1n) is 4.79. The van der Waals surface area contributed by atoms with Gasteiger partial charge in [-0.1, -0.05) is 11.3 Å². The fourth-order valence-corrected chi connectivity index (χ4v) is 2.27. The van der Waals surface area contributed by atoms with Crippen LogP contribution in [0, 0.1) is 5.82 Å². The van der Waals surface area contributed by atoms with E-state index in [2.05, 4.69) is 15.2 Å². The Hall–Kier alpha value is -1.07. The molecule has 0 saturated carbocycles. The monoisotopic (exact) mass is 257 g/mol. The molecule has 0 unspecified atom stereocenters. The molecule has 3 nitrogen and oxygen atoms in total. The van der Waals surface area contributed by atoms with Gasteiger partial charge in [-0.3, -0.25) is 4.98 Å². The van der Waals surface area contributed by atoms with Crippen molar-refractivity contribution in [2.45, 2.75) is 12.8 Å². The summed E-state index contributed by atoms with van der Waals surface area (Å²) < 4.78 is 13.4. The van der Waals surface area contributed by atoms with Crippen molar-refractivity contribution in [2.75, 3.05) is 5.88 Å². The molecule has 16 heavy (non-hydrogen) atoms. The van der Waals surface area contributed by atoms with Crippen LogP contribution in [0.1, 0.15) is 11.4 Å². The van der Waals surface area contributed by atoms with E-state index >= 15 is 0 Å². The van der Waals surface area contributed by atoms with Crippen LogP contribution in [0.25, 0.3) is 10.6 Å². The lowest BCUT2D eigenvalue weighted by Gasteiger charge is -1.95. The van der Waals surface area contributed by atoms with Gasteiger partial charge in [0.25, 0.3) is 0 Å². The number of aromatic nitrogens is 3. The Morgan fingerprint density at radius 1 is 1.38 bits per heavy atom. The minimum Gasteiger partial charge on any atom is -0.262 e. The summed E-state index contributed by atoms with van der Waals surface area (Å²) in [6.45, 7) is 0. The number of hydrogen-bond donors (Lipinski definition) is 0. The average molecular weight is 258 g/mol. The van der Waals surface area contributed by atoms with E-state index in [1.54, 1.807) is 6.07 Å². The molecule has 2 aromatic rings. The Kier molecular flexibility index (Phi) is 3.79. The van der Waals surface area contributed by atoms with E-state index in [9.17, 15) is 4.39 Å².